The molecule has 0 saturated heterocycles. The lowest BCUT2D eigenvalue weighted by atomic mass is 10.0. The molecule has 214 valence electrons. The van der Waals surface area contributed by atoms with Crippen LogP contribution in [0, 0.1) is 0 Å². The zero-order valence-electron chi connectivity index (χ0n) is 24.2. The largest absolute Gasteiger partial charge is 0.494 e. The van der Waals surface area contributed by atoms with Gasteiger partial charge < -0.3 is 18.9 Å². The van der Waals surface area contributed by atoms with Gasteiger partial charge in [0.15, 0.2) is 0 Å². The topological polar surface area (TPSA) is 36.9 Å². The van der Waals surface area contributed by atoms with Crippen molar-refractivity contribution in [3.05, 3.63) is 155 Å². The standard InChI is InChI=1S/C38H38O4/c1-2-39-35-23-21-33(37(25-35)41-28-31-15-8-4-9-16-31)19-12-20-34-22-24-36(40-27-30-13-6-3-7-14-30)26-38(34)42-29-32-17-10-5-11-18-32/h3-11,13-18,21-26H,2,12,19-20,27-29H2,1H3. The van der Waals surface area contributed by atoms with Gasteiger partial charge >= 0.3 is 0 Å². The zero-order chi connectivity index (χ0) is 28.8. The second-order valence-electron chi connectivity index (χ2n) is 10.1. The van der Waals surface area contributed by atoms with Crippen LogP contribution in [0.2, 0.25) is 0 Å². The van der Waals surface area contributed by atoms with E-state index >= 15 is 0 Å². The van der Waals surface area contributed by atoms with Gasteiger partial charge in [0.05, 0.1) is 6.61 Å². The maximum Gasteiger partial charge on any atom is 0.126 e. The summed E-state index contributed by atoms with van der Waals surface area (Å²) in [5.74, 6) is 3.35. The van der Waals surface area contributed by atoms with Gasteiger partial charge in [-0.05, 0) is 66.1 Å². The van der Waals surface area contributed by atoms with Crippen molar-refractivity contribution in [2.75, 3.05) is 6.61 Å². The highest BCUT2D eigenvalue weighted by molar-refractivity contribution is 5.43. The zero-order valence-corrected chi connectivity index (χ0v) is 24.2. The summed E-state index contributed by atoms with van der Waals surface area (Å²) in [4.78, 5) is 0. The highest BCUT2D eigenvalue weighted by atomic mass is 16.5. The maximum atomic E-state index is 6.35. The summed E-state index contributed by atoms with van der Waals surface area (Å²) in [5, 5.41) is 0. The maximum absolute atomic E-state index is 6.35. The second-order valence-corrected chi connectivity index (χ2v) is 10.1. The Morgan fingerprint density at radius 2 is 0.833 bits per heavy atom. The van der Waals surface area contributed by atoms with Crippen LogP contribution in [0.15, 0.2) is 127 Å². The monoisotopic (exact) mass is 558 g/mol. The average Bonchev–Trinajstić information content (AvgIpc) is 3.05. The number of aryl methyl sites for hydroxylation is 2. The molecule has 0 unspecified atom stereocenters. The molecule has 4 heteroatoms. The van der Waals surface area contributed by atoms with Crippen LogP contribution in [0.3, 0.4) is 0 Å². The molecule has 5 aromatic rings. The Balaban J connectivity index is 1.27. The van der Waals surface area contributed by atoms with E-state index in [1.807, 2.05) is 85.8 Å². The molecule has 0 heterocycles. The van der Waals surface area contributed by atoms with E-state index in [1.54, 1.807) is 0 Å². The minimum absolute atomic E-state index is 0.506. The molecule has 0 aliphatic heterocycles. The molecule has 42 heavy (non-hydrogen) atoms. The Bertz CT molecular complexity index is 1500. The smallest absolute Gasteiger partial charge is 0.126 e. The van der Waals surface area contributed by atoms with Gasteiger partial charge in [0.1, 0.15) is 42.8 Å². The first-order chi connectivity index (χ1) is 20.8. The summed E-state index contributed by atoms with van der Waals surface area (Å²) in [6, 6.07) is 43.1. The molecule has 0 N–H and O–H groups in total. The summed E-state index contributed by atoms with van der Waals surface area (Å²) in [7, 11) is 0. The quantitative estimate of drug-likeness (QED) is 0.128. The van der Waals surface area contributed by atoms with Crippen molar-refractivity contribution in [2.24, 2.45) is 0 Å². The van der Waals surface area contributed by atoms with Crippen LogP contribution in [0.4, 0.5) is 0 Å². The Labute approximate surface area is 249 Å². The van der Waals surface area contributed by atoms with E-state index in [0.29, 0.717) is 26.4 Å². The number of hydrogen-bond acceptors (Lipinski definition) is 4. The van der Waals surface area contributed by atoms with Gasteiger partial charge in [-0.15, -0.1) is 0 Å². The molecule has 0 bridgehead atoms. The molecular weight excluding hydrogens is 520 g/mol. The lowest BCUT2D eigenvalue weighted by Crippen LogP contribution is -2.03. The highest BCUT2D eigenvalue weighted by Gasteiger charge is 2.11. The van der Waals surface area contributed by atoms with Crippen molar-refractivity contribution in [2.45, 2.75) is 46.0 Å². The van der Waals surface area contributed by atoms with Crippen LogP contribution >= 0.6 is 0 Å². The van der Waals surface area contributed by atoms with Crippen LogP contribution in [0.5, 0.6) is 23.0 Å². The van der Waals surface area contributed by atoms with Crippen LogP contribution in [-0.4, -0.2) is 6.61 Å². The van der Waals surface area contributed by atoms with Crippen LogP contribution in [0.1, 0.15) is 41.2 Å². The lowest BCUT2D eigenvalue weighted by Gasteiger charge is -2.16. The van der Waals surface area contributed by atoms with Crippen LogP contribution < -0.4 is 18.9 Å². The molecule has 0 radical (unpaired) electrons. The number of rotatable bonds is 15. The van der Waals surface area contributed by atoms with E-state index in [2.05, 4.69) is 48.5 Å². The molecule has 5 aromatic carbocycles. The third-order valence-corrected chi connectivity index (χ3v) is 7.00. The minimum Gasteiger partial charge on any atom is -0.494 e. The Hall–Kier alpha value is -4.70. The van der Waals surface area contributed by atoms with Crippen molar-refractivity contribution in [1.82, 2.24) is 0 Å². The first-order valence-corrected chi connectivity index (χ1v) is 14.7. The summed E-state index contributed by atoms with van der Waals surface area (Å²) in [6.07, 6.45) is 2.69. The van der Waals surface area contributed by atoms with Gasteiger partial charge in [-0.2, -0.15) is 0 Å². The average molecular weight is 559 g/mol. The third-order valence-electron chi connectivity index (χ3n) is 7.00. The van der Waals surface area contributed by atoms with Crippen molar-refractivity contribution in [1.29, 1.82) is 0 Å². The predicted octanol–water partition coefficient (Wildman–Crippen LogP) is 9.00. The minimum atomic E-state index is 0.506. The molecule has 5 rings (SSSR count). The number of benzene rings is 5. The molecule has 0 fully saturated rings. The molecule has 4 nitrogen and oxygen atoms in total. The van der Waals surface area contributed by atoms with Gasteiger partial charge in [-0.3, -0.25) is 0 Å². The first-order valence-electron chi connectivity index (χ1n) is 14.7. The third kappa shape index (κ3) is 8.65. The fourth-order valence-electron chi connectivity index (χ4n) is 4.78. The fourth-order valence-corrected chi connectivity index (χ4v) is 4.78. The number of ether oxygens (including phenoxy) is 4. The van der Waals surface area contributed by atoms with Crippen molar-refractivity contribution < 1.29 is 18.9 Å². The molecule has 0 spiro atoms. The molecule has 0 aliphatic carbocycles. The van der Waals surface area contributed by atoms with Crippen molar-refractivity contribution in [3.63, 3.8) is 0 Å². The van der Waals surface area contributed by atoms with Crippen molar-refractivity contribution >= 4 is 0 Å². The Morgan fingerprint density at radius 3 is 1.26 bits per heavy atom. The summed E-state index contributed by atoms with van der Waals surface area (Å²) >= 11 is 0. The molecular formula is C38H38O4. The van der Waals surface area contributed by atoms with E-state index in [4.69, 9.17) is 18.9 Å². The molecule has 0 aliphatic rings. The normalized spacial score (nSPS) is 10.7. The SMILES string of the molecule is CCOc1ccc(CCCc2ccc(OCc3ccccc3)cc2OCc2ccccc2)c(OCc2ccccc2)c1. The van der Waals surface area contributed by atoms with E-state index in [1.165, 1.54) is 5.56 Å². The second kappa shape index (κ2) is 15.3. The fraction of sp³-hybridized carbons (Fsp3) is 0.211. The summed E-state index contributed by atoms with van der Waals surface area (Å²) in [6.45, 7) is 4.15. The summed E-state index contributed by atoms with van der Waals surface area (Å²) < 4.78 is 24.5. The molecule has 0 amide bonds. The van der Waals surface area contributed by atoms with Crippen LogP contribution in [-0.2, 0) is 32.7 Å². The van der Waals surface area contributed by atoms with Gasteiger partial charge in [-0.1, -0.05) is 103 Å². The highest BCUT2D eigenvalue weighted by Crippen LogP contribution is 2.30. The van der Waals surface area contributed by atoms with E-state index < -0.39 is 0 Å². The Kier molecular flexibility index (Phi) is 10.5. The van der Waals surface area contributed by atoms with E-state index in [0.717, 1.165) is 64.5 Å². The first kappa shape index (κ1) is 28.8. The molecule has 0 aromatic heterocycles. The van der Waals surface area contributed by atoms with Gasteiger partial charge in [0.25, 0.3) is 0 Å². The van der Waals surface area contributed by atoms with Gasteiger partial charge in [0, 0.05) is 12.1 Å². The summed E-state index contributed by atoms with van der Waals surface area (Å²) in [5.41, 5.74) is 5.74. The van der Waals surface area contributed by atoms with Gasteiger partial charge in [0.2, 0.25) is 0 Å². The Morgan fingerprint density at radius 1 is 0.429 bits per heavy atom. The van der Waals surface area contributed by atoms with Crippen LogP contribution in [0.25, 0.3) is 0 Å². The predicted molar refractivity (Wildman–Crippen MR) is 168 cm³/mol. The molecule has 0 saturated carbocycles. The molecule has 0 atom stereocenters. The van der Waals surface area contributed by atoms with E-state index in [9.17, 15) is 0 Å². The lowest BCUT2D eigenvalue weighted by molar-refractivity contribution is 0.287. The number of hydrogen-bond donors (Lipinski definition) is 0. The van der Waals surface area contributed by atoms with Gasteiger partial charge in [-0.25, -0.2) is 0 Å². The van der Waals surface area contributed by atoms with E-state index in [-0.39, 0.29) is 0 Å². The van der Waals surface area contributed by atoms with Crippen molar-refractivity contribution in [3.8, 4) is 23.0 Å².